The van der Waals surface area contributed by atoms with E-state index in [1.807, 2.05) is 0 Å². The van der Waals surface area contributed by atoms with Gasteiger partial charge in [0, 0.05) is 31.7 Å². The monoisotopic (exact) mass is 374 g/mol. The molecule has 1 amide bonds. The van der Waals surface area contributed by atoms with Gasteiger partial charge < -0.3 is 19.5 Å². The zero-order chi connectivity index (χ0) is 17.9. The summed E-state index contributed by atoms with van der Waals surface area (Å²) in [5.74, 6) is 1.86. The van der Waals surface area contributed by atoms with Crippen molar-refractivity contribution in [3.63, 3.8) is 0 Å². The van der Waals surface area contributed by atoms with E-state index in [1.54, 1.807) is 36.5 Å². The maximum Gasteiger partial charge on any atom is 0.261 e. The van der Waals surface area contributed by atoms with Gasteiger partial charge in [-0.25, -0.2) is 0 Å². The van der Waals surface area contributed by atoms with Gasteiger partial charge in [-0.1, -0.05) is 0 Å². The molecule has 2 aliphatic rings. The number of thiophene rings is 1. The van der Waals surface area contributed by atoms with Crippen LogP contribution in [-0.2, 0) is 11.3 Å². The first-order valence-corrected chi connectivity index (χ1v) is 9.72. The topological polar surface area (TPSA) is 60.0 Å². The van der Waals surface area contributed by atoms with Gasteiger partial charge in [0.05, 0.1) is 0 Å². The molecular weight excluding hydrogens is 352 g/mol. The summed E-state index contributed by atoms with van der Waals surface area (Å²) in [6, 6.07) is 7.66. The van der Waals surface area contributed by atoms with Crippen LogP contribution in [0.25, 0.3) is 0 Å². The lowest BCUT2D eigenvalue weighted by molar-refractivity contribution is -0.127. The Balaban J connectivity index is 1.26. The summed E-state index contributed by atoms with van der Waals surface area (Å²) in [4.78, 5) is 14.8. The molecule has 2 unspecified atom stereocenters. The fraction of sp³-hybridized carbons (Fsp3) is 0.421. The molecule has 0 spiro atoms. The molecule has 1 N–H and O–H groups in total. The Labute approximate surface area is 156 Å². The van der Waals surface area contributed by atoms with Gasteiger partial charge in [0.2, 0.25) is 6.79 Å². The van der Waals surface area contributed by atoms with Gasteiger partial charge in [0.15, 0.2) is 17.6 Å². The number of rotatable bonds is 6. The number of fused-ring (bicyclic) bond motifs is 1. The molecule has 1 fully saturated rings. The van der Waals surface area contributed by atoms with Gasteiger partial charge in [-0.2, -0.15) is 11.3 Å². The first-order chi connectivity index (χ1) is 12.7. The van der Waals surface area contributed by atoms with Gasteiger partial charge in [0.1, 0.15) is 5.75 Å². The van der Waals surface area contributed by atoms with Crippen molar-refractivity contribution in [1.29, 1.82) is 0 Å². The average molecular weight is 374 g/mol. The van der Waals surface area contributed by atoms with Crippen LogP contribution in [-0.4, -0.2) is 42.8 Å². The molecule has 2 aromatic rings. The van der Waals surface area contributed by atoms with E-state index >= 15 is 0 Å². The van der Waals surface area contributed by atoms with E-state index in [0.717, 1.165) is 26.1 Å². The predicted octanol–water partition coefficient (Wildman–Crippen LogP) is 2.63. The van der Waals surface area contributed by atoms with Crippen molar-refractivity contribution in [1.82, 2.24) is 10.2 Å². The third-order valence-electron chi connectivity index (χ3n) is 4.63. The predicted molar refractivity (Wildman–Crippen MR) is 98.8 cm³/mol. The summed E-state index contributed by atoms with van der Waals surface area (Å²) >= 11 is 1.72. The number of ether oxygens (including phenoxy) is 3. The average Bonchev–Trinajstić information content (AvgIpc) is 3.37. The Morgan fingerprint density at radius 2 is 2.27 bits per heavy atom. The molecule has 2 atom stereocenters. The Morgan fingerprint density at radius 3 is 3.12 bits per heavy atom. The number of nitrogens with one attached hydrogen (secondary N) is 1. The second kappa shape index (κ2) is 7.55. The van der Waals surface area contributed by atoms with Crippen molar-refractivity contribution in [3.8, 4) is 17.2 Å². The van der Waals surface area contributed by atoms with E-state index in [2.05, 4.69) is 27.0 Å². The van der Waals surface area contributed by atoms with E-state index in [-0.39, 0.29) is 18.7 Å². The zero-order valence-electron chi connectivity index (χ0n) is 14.6. The molecule has 0 bridgehead atoms. The van der Waals surface area contributed by atoms with Crippen LogP contribution >= 0.6 is 11.3 Å². The summed E-state index contributed by atoms with van der Waals surface area (Å²) < 4.78 is 16.4. The Bertz CT molecular complexity index is 765. The van der Waals surface area contributed by atoms with Crippen molar-refractivity contribution < 1.29 is 19.0 Å². The number of carbonyl (C=O) groups is 1. The van der Waals surface area contributed by atoms with Crippen LogP contribution in [0, 0.1) is 0 Å². The fourth-order valence-electron chi connectivity index (χ4n) is 3.26. The number of hydrogen-bond acceptors (Lipinski definition) is 6. The lowest BCUT2D eigenvalue weighted by Crippen LogP contribution is -2.43. The van der Waals surface area contributed by atoms with Crippen molar-refractivity contribution in [2.24, 2.45) is 0 Å². The largest absolute Gasteiger partial charge is 0.481 e. The molecule has 0 aliphatic carbocycles. The third-order valence-corrected chi connectivity index (χ3v) is 5.36. The lowest BCUT2D eigenvalue weighted by atomic mass is 10.2. The summed E-state index contributed by atoms with van der Waals surface area (Å²) in [6.45, 7) is 4.80. The van der Waals surface area contributed by atoms with Crippen molar-refractivity contribution >= 4 is 17.2 Å². The van der Waals surface area contributed by atoms with Crippen LogP contribution in [0.1, 0.15) is 18.9 Å². The van der Waals surface area contributed by atoms with E-state index < -0.39 is 6.10 Å². The highest BCUT2D eigenvalue weighted by atomic mass is 32.1. The van der Waals surface area contributed by atoms with E-state index in [4.69, 9.17) is 14.2 Å². The van der Waals surface area contributed by atoms with Gasteiger partial charge in [-0.15, -0.1) is 0 Å². The number of amides is 1. The summed E-state index contributed by atoms with van der Waals surface area (Å²) in [6.07, 6.45) is 0.397. The normalized spacial score (nSPS) is 20.1. The molecule has 2 aliphatic heterocycles. The Kier molecular flexibility index (Phi) is 4.99. The van der Waals surface area contributed by atoms with Gasteiger partial charge in [-0.3, -0.25) is 9.69 Å². The third kappa shape index (κ3) is 3.94. The molecule has 1 aromatic carbocycles. The van der Waals surface area contributed by atoms with Gasteiger partial charge in [0.25, 0.3) is 5.91 Å². The maximum absolute atomic E-state index is 12.5. The van der Waals surface area contributed by atoms with E-state index in [9.17, 15) is 4.79 Å². The Morgan fingerprint density at radius 1 is 1.38 bits per heavy atom. The minimum absolute atomic E-state index is 0.0925. The second-order valence-corrected chi connectivity index (χ2v) is 7.42. The maximum atomic E-state index is 12.5. The van der Waals surface area contributed by atoms with Crippen molar-refractivity contribution in [3.05, 3.63) is 40.6 Å². The molecule has 4 rings (SSSR count). The van der Waals surface area contributed by atoms with Crippen LogP contribution in [0.4, 0.5) is 0 Å². The molecule has 0 radical (unpaired) electrons. The molecule has 1 saturated heterocycles. The molecule has 3 heterocycles. The minimum Gasteiger partial charge on any atom is -0.481 e. The highest BCUT2D eigenvalue weighted by Crippen LogP contribution is 2.35. The number of hydrogen-bond donors (Lipinski definition) is 1. The highest BCUT2D eigenvalue weighted by Gasteiger charge is 2.26. The molecule has 138 valence electrons. The molecule has 0 saturated carbocycles. The van der Waals surface area contributed by atoms with Crippen LogP contribution in [0.15, 0.2) is 35.0 Å². The van der Waals surface area contributed by atoms with Crippen LogP contribution in [0.3, 0.4) is 0 Å². The fourth-order valence-corrected chi connectivity index (χ4v) is 3.92. The molecular formula is C19H22N2O4S. The highest BCUT2D eigenvalue weighted by molar-refractivity contribution is 7.07. The quantitative estimate of drug-likeness (QED) is 0.842. The van der Waals surface area contributed by atoms with Crippen molar-refractivity contribution in [2.75, 3.05) is 19.9 Å². The Hall–Kier alpha value is -2.25. The van der Waals surface area contributed by atoms with Crippen LogP contribution < -0.4 is 19.5 Å². The standard InChI is InChI=1S/C19H22N2O4S/c1-13(25-16-2-3-17-18(8-16)24-12-23-17)19(22)20-15-4-6-21(10-15)9-14-5-7-26-11-14/h2-3,5,7-8,11,13,15H,4,6,9-10,12H2,1H3,(H,20,22). The molecule has 1 aromatic heterocycles. The van der Waals surface area contributed by atoms with Gasteiger partial charge in [-0.05, 0) is 47.9 Å². The number of carbonyl (C=O) groups excluding carboxylic acids is 1. The lowest BCUT2D eigenvalue weighted by Gasteiger charge is -2.19. The minimum atomic E-state index is -0.568. The second-order valence-electron chi connectivity index (χ2n) is 6.64. The summed E-state index contributed by atoms with van der Waals surface area (Å²) in [5, 5.41) is 7.37. The molecule has 26 heavy (non-hydrogen) atoms. The number of likely N-dealkylation sites (tertiary alicyclic amines) is 1. The molecule has 6 nitrogen and oxygen atoms in total. The number of nitrogens with zero attached hydrogens (tertiary/aromatic N) is 1. The van der Waals surface area contributed by atoms with E-state index in [1.165, 1.54) is 5.56 Å². The summed E-state index contributed by atoms with van der Waals surface area (Å²) in [7, 11) is 0. The first kappa shape index (κ1) is 17.2. The van der Waals surface area contributed by atoms with E-state index in [0.29, 0.717) is 17.2 Å². The SMILES string of the molecule is CC(Oc1ccc2c(c1)OCO2)C(=O)NC1CCN(Cc2ccsc2)C1. The van der Waals surface area contributed by atoms with Crippen molar-refractivity contribution in [2.45, 2.75) is 32.0 Å². The first-order valence-electron chi connectivity index (χ1n) is 8.77. The van der Waals surface area contributed by atoms with Crippen LogP contribution in [0.5, 0.6) is 17.2 Å². The zero-order valence-corrected chi connectivity index (χ0v) is 15.5. The molecule has 7 heteroatoms. The number of benzene rings is 1. The van der Waals surface area contributed by atoms with Gasteiger partial charge >= 0.3 is 0 Å². The smallest absolute Gasteiger partial charge is 0.261 e. The van der Waals surface area contributed by atoms with Crippen LogP contribution in [0.2, 0.25) is 0 Å². The summed E-state index contributed by atoms with van der Waals surface area (Å²) in [5.41, 5.74) is 1.33.